The molecule has 2 aromatic carbocycles. The number of amides is 1. The van der Waals surface area contributed by atoms with Crippen molar-refractivity contribution in [2.45, 2.75) is 51.3 Å². The van der Waals surface area contributed by atoms with Crippen LogP contribution >= 0.6 is 11.3 Å². The van der Waals surface area contributed by atoms with E-state index in [1.165, 1.54) is 47.0 Å². The van der Waals surface area contributed by atoms with Gasteiger partial charge in [-0.3, -0.25) is 9.59 Å². The molecular formula is C25H29N3O6S2. The summed E-state index contributed by atoms with van der Waals surface area (Å²) < 4.78 is 40.7. The van der Waals surface area contributed by atoms with Crippen LogP contribution in [0.25, 0.3) is 10.2 Å². The fraction of sp³-hybridized carbons (Fsp3) is 0.400. The Morgan fingerprint density at radius 3 is 2.36 bits per heavy atom. The quantitative estimate of drug-likeness (QED) is 0.469. The van der Waals surface area contributed by atoms with Crippen molar-refractivity contribution in [3.05, 3.63) is 57.9 Å². The van der Waals surface area contributed by atoms with Crippen molar-refractivity contribution in [3.8, 4) is 0 Å². The van der Waals surface area contributed by atoms with Crippen molar-refractivity contribution < 1.29 is 27.5 Å². The summed E-state index contributed by atoms with van der Waals surface area (Å²) in [6.07, 6.45) is -0.401. The number of sulfonamides is 1. The van der Waals surface area contributed by atoms with E-state index in [2.05, 4.69) is 4.99 Å². The lowest BCUT2D eigenvalue weighted by Gasteiger charge is -2.34. The third-order valence-electron chi connectivity index (χ3n) is 5.95. The first-order valence-corrected chi connectivity index (χ1v) is 13.8. The van der Waals surface area contributed by atoms with Gasteiger partial charge in [0.25, 0.3) is 5.91 Å². The van der Waals surface area contributed by atoms with Crippen LogP contribution in [0.4, 0.5) is 0 Å². The second-order valence-corrected chi connectivity index (χ2v) is 11.9. The number of ether oxygens (including phenoxy) is 2. The number of benzene rings is 2. The molecule has 2 heterocycles. The molecule has 3 aromatic rings. The first-order chi connectivity index (χ1) is 17.0. The molecule has 1 saturated heterocycles. The molecule has 192 valence electrons. The summed E-state index contributed by atoms with van der Waals surface area (Å²) in [5.74, 6) is -0.990. The SMILES string of the molecule is COC(=O)Cn1c(=NC(=O)c2ccc(S(=O)(=O)N3CC(C)OC(C)C3)cc2)sc2c(C)cc(C)cc21. The molecule has 1 aliphatic rings. The molecule has 0 aliphatic carbocycles. The van der Waals surface area contributed by atoms with E-state index in [0.29, 0.717) is 4.80 Å². The molecule has 9 nitrogen and oxygen atoms in total. The number of carbonyl (C=O) groups excluding carboxylic acids is 2. The van der Waals surface area contributed by atoms with Gasteiger partial charge in [-0.2, -0.15) is 9.30 Å². The zero-order valence-electron chi connectivity index (χ0n) is 20.8. The van der Waals surface area contributed by atoms with Crippen LogP contribution in [0.5, 0.6) is 0 Å². The van der Waals surface area contributed by atoms with Crippen LogP contribution in [0, 0.1) is 13.8 Å². The van der Waals surface area contributed by atoms with Crippen molar-refractivity contribution in [1.82, 2.24) is 8.87 Å². The third kappa shape index (κ3) is 5.29. The summed E-state index contributed by atoms with van der Waals surface area (Å²) in [5, 5.41) is 0. The largest absolute Gasteiger partial charge is 0.468 e. The van der Waals surface area contributed by atoms with E-state index in [4.69, 9.17) is 9.47 Å². The van der Waals surface area contributed by atoms with E-state index in [1.807, 2.05) is 39.8 Å². The second-order valence-electron chi connectivity index (χ2n) is 9.00. The van der Waals surface area contributed by atoms with Crippen LogP contribution in [0.2, 0.25) is 0 Å². The number of aryl methyl sites for hydroxylation is 2. The third-order valence-corrected chi connectivity index (χ3v) is 9.03. The van der Waals surface area contributed by atoms with Gasteiger partial charge in [0, 0.05) is 18.7 Å². The smallest absolute Gasteiger partial charge is 0.325 e. The molecule has 0 N–H and O–H groups in total. The van der Waals surface area contributed by atoms with Gasteiger partial charge in [-0.1, -0.05) is 17.4 Å². The van der Waals surface area contributed by atoms with E-state index in [9.17, 15) is 18.0 Å². The van der Waals surface area contributed by atoms with Crippen LogP contribution < -0.4 is 4.80 Å². The molecule has 2 unspecified atom stereocenters. The minimum absolute atomic E-state index is 0.0842. The van der Waals surface area contributed by atoms with Crippen molar-refractivity contribution in [2.24, 2.45) is 4.99 Å². The van der Waals surface area contributed by atoms with Crippen molar-refractivity contribution in [1.29, 1.82) is 0 Å². The van der Waals surface area contributed by atoms with Crippen molar-refractivity contribution >= 4 is 43.5 Å². The monoisotopic (exact) mass is 531 g/mol. The number of morpholine rings is 1. The van der Waals surface area contributed by atoms with Gasteiger partial charge in [0.05, 0.1) is 34.4 Å². The molecule has 11 heteroatoms. The molecule has 0 saturated carbocycles. The average Bonchev–Trinajstić information content (AvgIpc) is 3.15. The molecule has 1 amide bonds. The zero-order valence-corrected chi connectivity index (χ0v) is 22.5. The minimum Gasteiger partial charge on any atom is -0.468 e. The Kier molecular flexibility index (Phi) is 7.46. The highest BCUT2D eigenvalue weighted by atomic mass is 32.2. The van der Waals surface area contributed by atoms with Gasteiger partial charge in [0.2, 0.25) is 10.0 Å². The average molecular weight is 532 g/mol. The lowest BCUT2D eigenvalue weighted by molar-refractivity contribution is -0.141. The summed E-state index contributed by atoms with van der Waals surface area (Å²) in [5.41, 5.74) is 3.08. The van der Waals surface area contributed by atoms with Gasteiger partial charge < -0.3 is 14.0 Å². The van der Waals surface area contributed by atoms with Crippen LogP contribution in [-0.2, 0) is 30.8 Å². The first-order valence-electron chi connectivity index (χ1n) is 11.5. The maximum Gasteiger partial charge on any atom is 0.325 e. The maximum atomic E-state index is 13.1. The van der Waals surface area contributed by atoms with Crippen LogP contribution in [0.3, 0.4) is 0 Å². The Balaban J connectivity index is 1.68. The predicted octanol–water partition coefficient (Wildman–Crippen LogP) is 3.03. The highest BCUT2D eigenvalue weighted by molar-refractivity contribution is 7.89. The van der Waals surface area contributed by atoms with E-state index < -0.39 is 21.9 Å². The number of hydrogen-bond acceptors (Lipinski definition) is 7. The summed E-state index contributed by atoms with van der Waals surface area (Å²) in [6.45, 7) is 8.06. The van der Waals surface area contributed by atoms with Gasteiger partial charge in [-0.05, 0) is 69.2 Å². The summed E-state index contributed by atoms with van der Waals surface area (Å²) in [7, 11) is -2.41. The molecule has 0 spiro atoms. The summed E-state index contributed by atoms with van der Waals surface area (Å²) in [4.78, 5) is 29.9. The Morgan fingerprint density at radius 2 is 1.75 bits per heavy atom. The molecule has 1 aromatic heterocycles. The lowest BCUT2D eigenvalue weighted by Crippen LogP contribution is -2.48. The predicted molar refractivity (Wildman–Crippen MR) is 136 cm³/mol. The lowest BCUT2D eigenvalue weighted by atomic mass is 10.1. The number of carbonyl (C=O) groups is 2. The van der Waals surface area contributed by atoms with E-state index in [0.717, 1.165) is 21.3 Å². The fourth-order valence-electron chi connectivity index (χ4n) is 4.34. The summed E-state index contributed by atoms with van der Waals surface area (Å²) in [6, 6.07) is 9.73. The maximum absolute atomic E-state index is 13.1. The molecule has 2 atom stereocenters. The zero-order chi connectivity index (χ0) is 26.2. The number of methoxy groups -OCH3 is 1. The fourth-order valence-corrected chi connectivity index (χ4v) is 7.01. The number of hydrogen-bond donors (Lipinski definition) is 0. The van der Waals surface area contributed by atoms with Gasteiger partial charge >= 0.3 is 5.97 Å². The van der Waals surface area contributed by atoms with E-state index in [-0.39, 0.29) is 42.3 Å². The minimum atomic E-state index is -3.72. The Hall–Kier alpha value is -2.86. The molecular weight excluding hydrogens is 502 g/mol. The van der Waals surface area contributed by atoms with Crippen molar-refractivity contribution in [2.75, 3.05) is 20.2 Å². The van der Waals surface area contributed by atoms with E-state index >= 15 is 0 Å². The molecule has 1 fully saturated rings. The molecule has 4 rings (SSSR count). The topological polar surface area (TPSA) is 107 Å². The van der Waals surface area contributed by atoms with Crippen LogP contribution in [0.1, 0.15) is 35.3 Å². The van der Waals surface area contributed by atoms with Gasteiger partial charge in [-0.15, -0.1) is 0 Å². The standard InChI is InChI=1S/C25H29N3O6S2/c1-15-10-16(2)23-21(11-15)28(14-22(29)33-5)25(35-23)26-24(30)19-6-8-20(9-7-19)36(31,32)27-12-17(3)34-18(4)13-27/h6-11,17-18H,12-14H2,1-5H3. The highest BCUT2D eigenvalue weighted by Gasteiger charge is 2.32. The van der Waals surface area contributed by atoms with Crippen LogP contribution in [0.15, 0.2) is 46.3 Å². The highest BCUT2D eigenvalue weighted by Crippen LogP contribution is 2.24. The number of thiazole rings is 1. The first kappa shape index (κ1) is 26.2. The molecule has 0 bridgehead atoms. The number of rotatable bonds is 5. The number of nitrogens with zero attached hydrogens (tertiary/aromatic N) is 3. The molecule has 1 aliphatic heterocycles. The Bertz CT molecular complexity index is 1480. The molecule has 0 radical (unpaired) electrons. The van der Waals surface area contributed by atoms with E-state index in [1.54, 1.807) is 4.57 Å². The number of esters is 1. The Labute approximate surface area is 214 Å². The second kappa shape index (κ2) is 10.3. The van der Waals surface area contributed by atoms with Gasteiger partial charge in [0.15, 0.2) is 4.80 Å². The Morgan fingerprint density at radius 1 is 1.11 bits per heavy atom. The number of fused-ring (bicyclic) bond motifs is 1. The molecule has 36 heavy (non-hydrogen) atoms. The van der Waals surface area contributed by atoms with Crippen molar-refractivity contribution in [3.63, 3.8) is 0 Å². The van der Waals surface area contributed by atoms with Gasteiger partial charge in [-0.25, -0.2) is 8.42 Å². The summed E-state index contributed by atoms with van der Waals surface area (Å²) >= 11 is 1.31. The van der Waals surface area contributed by atoms with Crippen LogP contribution in [-0.4, -0.2) is 61.6 Å². The van der Waals surface area contributed by atoms with Gasteiger partial charge in [0.1, 0.15) is 6.54 Å². The normalized spacial score (nSPS) is 19.5. The number of aromatic nitrogens is 1.